The number of benzene rings is 2. The average molecular weight is 449 g/mol. The summed E-state index contributed by atoms with van der Waals surface area (Å²) in [6.45, 7) is 6.07. The Labute approximate surface area is 179 Å². The van der Waals surface area contributed by atoms with Crippen LogP contribution in [0.25, 0.3) is 10.2 Å². The van der Waals surface area contributed by atoms with Crippen LogP contribution in [0.15, 0.2) is 57.2 Å². The monoisotopic (exact) mass is 448 g/mol. The van der Waals surface area contributed by atoms with Crippen molar-refractivity contribution >= 4 is 49.1 Å². The maximum Gasteiger partial charge on any atom is 0.252 e. The van der Waals surface area contributed by atoms with Crippen LogP contribution in [0.4, 0.5) is 0 Å². The number of carbonyl (C=O) groups excluding carboxylic acids is 1. The van der Waals surface area contributed by atoms with Crippen molar-refractivity contribution in [3.63, 3.8) is 0 Å². The van der Waals surface area contributed by atoms with Gasteiger partial charge in [0.15, 0.2) is 14.6 Å². The van der Waals surface area contributed by atoms with Crippen molar-refractivity contribution in [1.29, 1.82) is 0 Å². The molecule has 3 rings (SSSR count). The Hall–Kier alpha value is -1.90. The van der Waals surface area contributed by atoms with Crippen LogP contribution in [-0.2, 0) is 27.6 Å². The number of carbonyl (C=O) groups is 1. The molecule has 154 valence electrons. The largest absolute Gasteiger partial charge is 0.317 e. The van der Waals surface area contributed by atoms with Crippen molar-refractivity contribution in [3.05, 3.63) is 52.8 Å². The number of aryl methyl sites for hydroxylation is 1. The molecular weight excluding hydrogens is 424 g/mol. The molecule has 0 unspecified atom stereocenters. The normalized spacial score (nSPS) is 12.8. The molecule has 0 bridgehead atoms. The third kappa shape index (κ3) is 4.65. The minimum absolute atomic E-state index is 0.135. The Bertz CT molecular complexity index is 1200. The van der Waals surface area contributed by atoms with Crippen LogP contribution in [0.5, 0.6) is 0 Å². The van der Waals surface area contributed by atoms with Crippen molar-refractivity contribution in [1.82, 2.24) is 4.57 Å². The molecule has 0 spiro atoms. The van der Waals surface area contributed by atoms with E-state index in [-0.39, 0.29) is 17.2 Å². The van der Waals surface area contributed by atoms with Gasteiger partial charge in [-0.2, -0.15) is 4.99 Å². The number of sulfone groups is 1. The second-order valence-corrected chi connectivity index (χ2v) is 11.3. The van der Waals surface area contributed by atoms with Crippen molar-refractivity contribution in [2.45, 2.75) is 48.8 Å². The number of nitrogens with zero attached hydrogens (tertiary/aromatic N) is 2. The zero-order chi connectivity index (χ0) is 21.2. The SMILES string of the molecule is CCn1c(=NC(=O)Cc2ccc(S(=O)(=O)C(C)C)cc2)sc2cc(SC)ccc21. The molecule has 0 aliphatic rings. The lowest BCUT2D eigenvalue weighted by atomic mass is 10.1. The maximum absolute atomic E-state index is 12.5. The number of hydrogen-bond acceptors (Lipinski definition) is 5. The van der Waals surface area contributed by atoms with Gasteiger partial charge in [-0.15, -0.1) is 11.8 Å². The van der Waals surface area contributed by atoms with E-state index in [1.54, 1.807) is 49.9 Å². The molecule has 1 amide bonds. The molecule has 2 aromatic carbocycles. The number of hydrogen-bond donors (Lipinski definition) is 0. The molecule has 0 saturated heterocycles. The first-order valence-electron chi connectivity index (χ1n) is 9.34. The van der Waals surface area contributed by atoms with E-state index in [2.05, 4.69) is 23.2 Å². The van der Waals surface area contributed by atoms with Crippen molar-refractivity contribution in [2.24, 2.45) is 4.99 Å². The van der Waals surface area contributed by atoms with E-state index in [0.717, 1.165) is 22.3 Å². The summed E-state index contributed by atoms with van der Waals surface area (Å²) in [5.74, 6) is -0.247. The Balaban J connectivity index is 1.87. The fourth-order valence-corrected chi connectivity index (χ4v) is 5.69. The van der Waals surface area contributed by atoms with Crippen LogP contribution in [0, 0.1) is 0 Å². The van der Waals surface area contributed by atoms with E-state index in [1.807, 2.05) is 17.7 Å². The van der Waals surface area contributed by atoms with E-state index in [9.17, 15) is 13.2 Å². The van der Waals surface area contributed by atoms with Gasteiger partial charge in [0.2, 0.25) is 0 Å². The summed E-state index contributed by atoms with van der Waals surface area (Å²) >= 11 is 3.19. The molecule has 8 heteroatoms. The van der Waals surface area contributed by atoms with Gasteiger partial charge in [-0.05, 0) is 62.9 Å². The number of thioether (sulfide) groups is 1. The van der Waals surface area contributed by atoms with Gasteiger partial charge in [-0.25, -0.2) is 8.42 Å². The highest BCUT2D eigenvalue weighted by molar-refractivity contribution is 7.98. The summed E-state index contributed by atoms with van der Waals surface area (Å²) in [5, 5.41) is -0.478. The van der Waals surface area contributed by atoms with E-state index < -0.39 is 15.1 Å². The lowest BCUT2D eigenvalue weighted by Gasteiger charge is -2.08. The third-order valence-corrected chi connectivity index (χ3v) is 8.59. The number of thiazole rings is 1. The second-order valence-electron chi connectivity index (χ2n) is 6.88. The highest BCUT2D eigenvalue weighted by Crippen LogP contribution is 2.24. The summed E-state index contributed by atoms with van der Waals surface area (Å²) in [4.78, 5) is 19.0. The number of rotatable bonds is 6. The highest BCUT2D eigenvalue weighted by Gasteiger charge is 2.18. The summed E-state index contributed by atoms with van der Waals surface area (Å²) < 4.78 is 27.6. The quantitative estimate of drug-likeness (QED) is 0.527. The van der Waals surface area contributed by atoms with Gasteiger partial charge in [0, 0.05) is 11.4 Å². The number of amides is 1. The van der Waals surface area contributed by atoms with Gasteiger partial charge in [-0.3, -0.25) is 4.79 Å². The lowest BCUT2D eigenvalue weighted by Crippen LogP contribution is -2.16. The summed E-state index contributed by atoms with van der Waals surface area (Å²) in [5.41, 5.74) is 1.82. The Morgan fingerprint density at radius 1 is 1.17 bits per heavy atom. The molecule has 1 aromatic heterocycles. The predicted molar refractivity (Wildman–Crippen MR) is 120 cm³/mol. The van der Waals surface area contributed by atoms with Crippen LogP contribution in [0.2, 0.25) is 0 Å². The Morgan fingerprint density at radius 3 is 2.45 bits per heavy atom. The number of aromatic nitrogens is 1. The molecule has 0 N–H and O–H groups in total. The molecule has 0 saturated carbocycles. The first kappa shape index (κ1) is 21.8. The van der Waals surface area contributed by atoms with Crippen LogP contribution in [0.3, 0.4) is 0 Å². The smallest absolute Gasteiger partial charge is 0.252 e. The van der Waals surface area contributed by atoms with Gasteiger partial charge in [0.1, 0.15) is 0 Å². The summed E-state index contributed by atoms with van der Waals surface area (Å²) in [7, 11) is -3.31. The van der Waals surface area contributed by atoms with E-state index >= 15 is 0 Å². The first-order chi connectivity index (χ1) is 13.8. The van der Waals surface area contributed by atoms with Gasteiger partial charge in [-0.1, -0.05) is 23.5 Å². The summed E-state index contributed by atoms with van der Waals surface area (Å²) in [6.07, 6.45) is 2.17. The molecule has 5 nitrogen and oxygen atoms in total. The van der Waals surface area contributed by atoms with Crippen molar-refractivity contribution in [3.8, 4) is 0 Å². The van der Waals surface area contributed by atoms with Gasteiger partial charge < -0.3 is 4.57 Å². The molecule has 1 heterocycles. The molecular formula is C21H24N2O3S3. The zero-order valence-electron chi connectivity index (χ0n) is 16.9. The first-order valence-corrected chi connectivity index (χ1v) is 12.9. The molecule has 0 radical (unpaired) electrons. The fraction of sp³-hybridized carbons (Fsp3) is 0.333. The Kier molecular flexibility index (Phi) is 6.65. The lowest BCUT2D eigenvalue weighted by molar-refractivity contribution is -0.117. The predicted octanol–water partition coefficient (Wildman–Crippen LogP) is 4.30. The van der Waals surface area contributed by atoms with Gasteiger partial charge in [0.05, 0.1) is 26.8 Å². The van der Waals surface area contributed by atoms with Crippen LogP contribution in [0.1, 0.15) is 26.3 Å². The standard InChI is InChI=1S/C21H24N2O3S3/c1-5-23-18-11-8-16(27-4)13-19(18)28-21(23)22-20(24)12-15-6-9-17(10-7-15)29(25,26)14(2)3/h6-11,13-14H,5,12H2,1-4H3. The van der Waals surface area contributed by atoms with E-state index in [0.29, 0.717) is 4.80 Å². The topological polar surface area (TPSA) is 68.5 Å². The zero-order valence-corrected chi connectivity index (χ0v) is 19.3. The van der Waals surface area contributed by atoms with Gasteiger partial charge in [0.25, 0.3) is 5.91 Å². The fourth-order valence-electron chi connectivity index (χ4n) is 2.96. The maximum atomic E-state index is 12.5. The molecule has 3 aromatic rings. The molecule has 0 aliphatic heterocycles. The van der Waals surface area contributed by atoms with E-state index in [1.165, 1.54) is 16.2 Å². The van der Waals surface area contributed by atoms with Crippen molar-refractivity contribution in [2.75, 3.05) is 6.26 Å². The minimum atomic E-state index is -3.31. The van der Waals surface area contributed by atoms with Crippen LogP contribution in [-0.4, -0.2) is 30.4 Å². The van der Waals surface area contributed by atoms with Crippen LogP contribution < -0.4 is 4.80 Å². The van der Waals surface area contributed by atoms with Gasteiger partial charge >= 0.3 is 0 Å². The third-order valence-electron chi connectivity index (χ3n) is 4.65. The van der Waals surface area contributed by atoms with Crippen LogP contribution >= 0.6 is 23.1 Å². The summed E-state index contributed by atoms with van der Waals surface area (Å²) in [6, 6.07) is 12.8. The van der Waals surface area contributed by atoms with E-state index in [4.69, 9.17) is 0 Å². The molecule has 0 fully saturated rings. The Morgan fingerprint density at radius 2 is 1.86 bits per heavy atom. The van der Waals surface area contributed by atoms with Crippen molar-refractivity contribution < 1.29 is 13.2 Å². The average Bonchev–Trinajstić information content (AvgIpc) is 3.03. The molecule has 29 heavy (non-hydrogen) atoms. The highest BCUT2D eigenvalue weighted by atomic mass is 32.2. The second kappa shape index (κ2) is 8.85. The molecule has 0 atom stereocenters. The minimum Gasteiger partial charge on any atom is -0.317 e. The molecule has 0 aliphatic carbocycles. The number of fused-ring (bicyclic) bond motifs is 1.